The molecule has 0 atom stereocenters. The Bertz CT molecular complexity index is 437. The minimum atomic E-state index is 0.195. The summed E-state index contributed by atoms with van der Waals surface area (Å²) in [5, 5.41) is 0. The summed E-state index contributed by atoms with van der Waals surface area (Å²) in [6, 6.07) is 5.81. The van der Waals surface area contributed by atoms with E-state index >= 15 is 0 Å². The first-order valence-corrected chi connectivity index (χ1v) is 7.55. The molecular weight excluding hydrogens is 250 g/mol. The third-order valence-electron chi connectivity index (χ3n) is 3.52. The Balaban J connectivity index is 3.01. The number of carbonyl (C=O) groups excluding carboxylic acids is 1. The number of benzene rings is 1. The zero-order valence-corrected chi connectivity index (χ0v) is 13.4. The molecule has 3 nitrogen and oxygen atoms in total. The molecule has 3 heteroatoms. The fraction of sp³-hybridized carbons (Fsp3) is 0.588. The van der Waals surface area contributed by atoms with Crippen LogP contribution in [0.3, 0.4) is 0 Å². The number of nitrogens with zero attached hydrogens (tertiary/aromatic N) is 1. The van der Waals surface area contributed by atoms with Gasteiger partial charge in [0.2, 0.25) is 0 Å². The largest absolute Gasteiger partial charge is 0.494 e. The van der Waals surface area contributed by atoms with Crippen molar-refractivity contribution in [3.05, 3.63) is 29.3 Å². The maximum absolute atomic E-state index is 12.5. The lowest BCUT2D eigenvalue weighted by atomic mass is 9.94. The first-order chi connectivity index (χ1) is 9.53. The van der Waals surface area contributed by atoms with Gasteiger partial charge in [-0.05, 0) is 49.7 Å². The normalized spacial score (nSPS) is 11.2. The number of rotatable bonds is 8. The molecule has 112 valence electrons. The van der Waals surface area contributed by atoms with E-state index in [0.29, 0.717) is 19.1 Å². The molecule has 1 rings (SSSR count). The third kappa shape index (κ3) is 4.34. The predicted molar refractivity (Wildman–Crippen MR) is 83.8 cm³/mol. The highest BCUT2D eigenvalue weighted by molar-refractivity contribution is 5.99. The molecular formula is C17H27NO2. The highest BCUT2D eigenvalue weighted by Crippen LogP contribution is 2.25. The molecule has 0 spiro atoms. The SMILES string of the molecule is CCOc1ccc(C(=O)CN(CC)CC)c(C(C)C)c1. The van der Waals surface area contributed by atoms with Gasteiger partial charge < -0.3 is 4.74 Å². The van der Waals surface area contributed by atoms with Crippen molar-refractivity contribution >= 4 is 5.78 Å². The molecule has 0 radical (unpaired) electrons. The van der Waals surface area contributed by atoms with Gasteiger partial charge in [-0.15, -0.1) is 0 Å². The Labute approximate surface area is 122 Å². The van der Waals surface area contributed by atoms with Gasteiger partial charge >= 0.3 is 0 Å². The van der Waals surface area contributed by atoms with E-state index in [2.05, 4.69) is 32.6 Å². The van der Waals surface area contributed by atoms with Crippen LogP contribution in [-0.2, 0) is 0 Å². The van der Waals surface area contributed by atoms with E-state index in [0.717, 1.165) is 30.0 Å². The second-order valence-electron chi connectivity index (χ2n) is 5.22. The van der Waals surface area contributed by atoms with Gasteiger partial charge in [0, 0.05) is 5.56 Å². The monoisotopic (exact) mass is 277 g/mol. The maximum atomic E-state index is 12.5. The average Bonchev–Trinajstić information content (AvgIpc) is 2.44. The van der Waals surface area contributed by atoms with Crippen LogP contribution >= 0.6 is 0 Å². The number of Topliss-reactive ketones (excluding diaryl/α,β-unsaturated/α-hetero) is 1. The molecule has 0 aliphatic rings. The fourth-order valence-electron chi connectivity index (χ4n) is 2.26. The molecule has 20 heavy (non-hydrogen) atoms. The minimum Gasteiger partial charge on any atom is -0.494 e. The Morgan fingerprint density at radius 3 is 2.35 bits per heavy atom. The summed E-state index contributed by atoms with van der Waals surface area (Å²) < 4.78 is 5.53. The van der Waals surface area contributed by atoms with Gasteiger partial charge in [0.15, 0.2) is 5.78 Å². The summed E-state index contributed by atoms with van der Waals surface area (Å²) in [6.07, 6.45) is 0. The molecule has 0 N–H and O–H groups in total. The smallest absolute Gasteiger partial charge is 0.177 e. The van der Waals surface area contributed by atoms with Crippen LogP contribution in [0.2, 0.25) is 0 Å². The summed E-state index contributed by atoms with van der Waals surface area (Å²) in [5.74, 6) is 1.35. The van der Waals surface area contributed by atoms with E-state index in [9.17, 15) is 4.79 Å². The topological polar surface area (TPSA) is 29.5 Å². The molecule has 0 aliphatic heterocycles. The molecule has 0 aromatic heterocycles. The zero-order chi connectivity index (χ0) is 15.1. The van der Waals surface area contributed by atoms with Crippen molar-refractivity contribution in [3.8, 4) is 5.75 Å². The van der Waals surface area contributed by atoms with Crippen LogP contribution in [0.15, 0.2) is 18.2 Å². The van der Waals surface area contributed by atoms with Crippen LogP contribution in [-0.4, -0.2) is 36.9 Å². The lowest BCUT2D eigenvalue weighted by molar-refractivity contribution is 0.0936. The fourth-order valence-corrected chi connectivity index (χ4v) is 2.26. The second-order valence-corrected chi connectivity index (χ2v) is 5.22. The van der Waals surface area contributed by atoms with Gasteiger partial charge in [-0.25, -0.2) is 0 Å². The molecule has 0 saturated carbocycles. The average molecular weight is 277 g/mol. The quantitative estimate of drug-likeness (QED) is 0.678. The van der Waals surface area contributed by atoms with Crippen molar-refractivity contribution in [1.29, 1.82) is 0 Å². The van der Waals surface area contributed by atoms with Crippen LogP contribution in [0.5, 0.6) is 5.75 Å². The molecule has 0 heterocycles. The van der Waals surface area contributed by atoms with Crippen molar-refractivity contribution in [2.75, 3.05) is 26.2 Å². The Hall–Kier alpha value is -1.35. The van der Waals surface area contributed by atoms with Gasteiger partial charge in [-0.2, -0.15) is 0 Å². The maximum Gasteiger partial charge on any atom is 0.177 e. The van der Waals surface area contributed by atoms with Crippen molar-refractivity contribution in [2.24, 2.45) is 0 Å². The van der Waals surface area contributed by atoms with Crippen molar-refractivity contribution in [3.63, 3.8) is 0 Å². The molecule has 0 bridgehead atoms. The molecule has 1 aromatic rings. The van der Waals surface area contributed by atoms with Crippen molar-refractivity contribution < 1.29 is 9.53 Å². The predicted octanol–water partition coefficient (Wildman–Crippen LogP) is 3.73. The van der Waals surface area contributed by atoms with E-state index < -0.39 is 0 Å². The van der Waals surface area contributed by atoms with Crippen LogP contribution in [0, 0.1) is 0 Å². The Kier molecular flexibility index (Phi) is 6.73. The van der Waals surface area contributed by atoms with Crippen LogP contribution < -0.4 is 4.74 Å². The van der Waals surface area contributed by atoms with E-state index in [1.807, 2.05) is 25.1 Å². The lowest BCUT2D eigenvalue weighted by Gasteiger charge is -2.19. The molecule has 0 amide bonds. The molecule has 0 fully saturated rings. The van der Waals surface area contributed by atoms with E-state index in [4.69, 9.17) is 4.74 Å². The highest BCUT2D eigenvalue weighted by atomic mass is 16.5. The van der Waals surface area contributed by atoms with E-state index in [1.165, 1.54) is 0 Å². The number of hydrogen-bond acceptors (Lipinski definition) is 3. The summed E-state index contributed by atoms with van der Waals surface area (Å²) in [7, 11) is 0. The molecule has 0 saturated heterocycles. The number of likely N-dealkylation sites (N-methyl/N-ethyl adjacent to an activating group) is 1. The lowest BCUT2D eigenvalue weighted by Crippen LogP contribution is -2.30. The standard InChI is InChI=1S/C17H27NO2/c1-6-18(7-2)12-17(19)15-10-9-14(20-8-3)11-16(15)13(4)5/h9-11,13H,6-8,12H2,1-5H3. The summed E-state index contributed by atoms with van der Waals surface area (Å²) in [5.41, 5.74) is 1.91. The molecule has 0 aliphatic carbocycles. The van der Waals surface area contributed by atoms with Gasteiger partial charge in [0.25, 0.3) is 0 Å². The second kappa shape index (κ2) is 8.05. The summed E-state index contributed by atoms with van der Waals surface area (Å²) in [6.45, 7) is 13.3. The van der Waals surface area contributed by atoms with Gasteiger partial charge in [-0.1, -0.05) is 27.7 Å². The van der Waals surface area contributed by atoms with Crippen LogP contribution in [0.1, 0.15) is 56.5 Å². The van der Waals surface area contributed by atoms with Gasteiger partial charge in [-0.3, -0.25) is 9.69 Å². The Morgan fingerprint density at radius 1 is 1.20 bits per heavy atom. The molecule has 0 unspecified atom stereocenters. The Morgan fingerprint density at radius 2 is 1.85 bits per heavy atom. The van der Waals surface area contributed by atoms with Gasteiger partial charge in [0.1, 0.15) is 5.75 Å². The third-order valence-corrected chi connectivity index (χ3v) is 3.52. The summed E-state index contributed by atoms with van der Waals surface area (Å²) in [4.78, 5) is 14.6. The van der Waals surface area contributed by atoms with E-state index in [-0.39, 0.29) is 5.78 Å². The zero-order valence-electron chi connectivity index (χ0n) is 13.4. The number of ketones is 1. The summed E-state index contributed by atoms with van der Waals surface area (Å²) >= 11 is 0. The molecule has 1 aromatic carbocycles. The van der Waals surface area contributed by atoms with Gasteiger partial charge in [0.05, 0.1) is 13.2 Å². The van der Waals surface area contributed by atoms with Crippen molar-refractivity contribution in [2.45, 2.75) is 40.5 Å². The van der Waals surface area contributed by atoms with Crippen LogP contribution in [0.4, 0.5) is 0 Å². The first kappa shape index (κ1) is 16.7. The highest BCUT2D eigenvalue weighted by Gasteiger charge is 2.16. The number of hydrogen-bond donors (Lipinski definition) is 0. The number of ether oxygens (including phenoxy) is 1. The minimum absolute atomic E-state index is 0.195. The van der Waals surface area contributed by atoms with Crippen molar-refractivity contribution in [1.82, 2.24) is 4.90 Å². The van der Waals surface area contributed by atoms with E-state index in [1.54, 1.807) is 0 Å². The number of carbonyl (C=O) groups is 1. The first-order valence-electron chi connectivity index (χ1n) is 7.55. The van der Waals surface area contributed by atoms with Crippen LogP contribution in [0.25, 0.3) is 0 Å².